The largest absolute Gasteiger partial charge is 0.340 e. The first-order chi connectivity index (χ1) is 7.84. The Balaban J connectivity index is 2.59. The van der Waals surface area contributed by atoms with Crippen LogP contribution in [-0.2, 0) is 4.79 Å². The molecule has 1 amide bonds. The van der Waals surface area contributed by atoms with Crippen molar-refractivity contribution >= 4 is 5.91 Å². The van der Waals surface area contributed by atoms with Crippen molar-refractivity contribution in [3.05, 3.63) is 0 Å². The first kappa shape index (κ1) is 14.5. The highest BCUT2D eigenvalue weighted by molar-refractivity contribution is 5.81. The molecule has 3 heteroatoms. The van der Waals surface area contributed by atoms with E-state index in [2.05, 4.69) is 6.92 Å². The monoisotopic (exact) mass is 240 g/mol. The molecule has 1 rings (SSSR count). The van der Waals surface area contributed by atoms with E-state index in [-0.39, 0.29) is 17.4 Å². The van der Waals surface area contributed by atoms with Crippen LogP contribution < -0.4 is 5.73 Å². The molecule has 0 aromatic rings. The molecule has 1 fully saturated rings. The fraction of sp³-hybridized carbons (Fsp3) is 0.929. The van der Waals surface area contributed by atoms with Gasteiger partial charge in [0.15, 0.2) is 0 Å². The molecule has 1 heterocycles. The number of amides is 1. The number of hydrogen-bond acceptors (Lipinski definition) is 2. The van der Waals surface area contributed by atoms with E-state index in [0.29, 0.717) is 5.92 Å². The molecule has 1 aliphatic heterocycles. The van der Waals surface area contributed by atoms with Crippen LogP contribution in [0.5, 0.6) is 0 Å². The number of nitrogens with two attached hydrogens (primary N) is 1. The molecule has 1 saturated heterocycles. The summed E-state index contributed by atoms with van der Waals surface area (Å²) < 4.78 is 0. The van der Waals surface area contributed by atoms with Gasteiger partial charge >= 0.3 is 0 Å². The van der Waals surface area contributed by atoms with Gasteiger partial charge in [0.05, 0.1) is 0 Å². The fourth-order valence-corrected chi connectivity index (χ4v) is 2.59. The lowest BCUT2D eigenvalue weighted by molar-refractivity contribution is -0.141. The summed E-state index contributed by atoms with van der Waals surface area (Å²) in [6, 6.07) is 0.164. The number of carbonyl (C=O) groups excluding carboxylic acids is 1. The van der Waals surface area contributed by atoms with E-state index >= 15 is 0 Å². The van der Waals surface area contributed by atoms with E-state index in [1.807, 2.05) is 25.7 Å². The summed E-state index contributed by atoms with van der Waals surface area (Å²) in [5, 5.41) is 0. The lowest BCUT2D eigenvalue weighted by Crippen LogP contribution is -2.52. The van der Waals surface area contributed by atoms with Gasteiger partial charge in [-0.15, -0.1) is 0 Å². The Morgan fingerprint density at radius 1 is 1.35 bits per heavy atom. The molecule has 3 nitrogen and oxygen atoms in total. The Hall–Kier alpha value is -0.570. The van der Waals surface area contributed by atoms with Crippen molar-refractivity contribution in [2.24, 2.45) is 17.1 Å². The molecule has 2 N–H and O–H groups in total. The van der Waals surface area contributed by atoms with Crippen molar-refractivity contribution in [3.8, 4) is 0 Å². The molecule has 17 heavy (non-hydrogen) atoms. The molecule has 0 aromatic carbocycles. The normalized spacial score (nSPS) is 26.1. The SMILES string of the molecule is CCCCC1CC(N)CN(C(=O)C(C)(C)C)C1. The number of piperidine rings is 1. The molecule has 2 atom stereocenters. The molecular weight excluding hydrogens is 212 g/mol. The molecule has 2 unspecified atom stereocenters. The molecule has 0 aromatic heterocycles. The number of nitrogens with zero attached hydrogens (tertiary/aromatic N) is 1. The van der Waals surface area contributed by atoms with Crippen LogP contribution in [0.4, 0.5) is 0 Å². The predicted molar refractivity (Wildman–Crippen MR) is 71.6 cm³/mol. The Bertz CT molecular complexity index is 257. The maximum atomic E-state index is 12.3. The van der Waals surface area contributed by atoms with Crippen molar-refractivity contribution in [3.63, 3.8) is 0 Å². The third-order valence-corrected chi connectivity index (χ3v) is 3.46. The smallest absolute Gasteiger partial charge is 0.228 e. The second kappa shape index (κ2) is 5.85. The van der Waals surface area contributed by atoms with Crippen LogP contribution in [0, 0.1) is 11.3 Å². The number of unbranched alkanes of at least 4 members (excludes halogenated alkanes) is 1. The Kier molecular flexibility index (Phi) is 4.99. The number of likely N-dealkylation sites (tertiary alicyclic amines) is 1. The zero-order chi connectivity index (χ0) is 13.1. The lowest BCUT2D eigenvalue weighted by Gasteiger charge is -2.39. The second-order valence-corrected chi connectivity index (χ2v) is 6.46. The minimum absolute atomic E-state index is 0.164. The molecular formula is C14H28N2O. The van der Waals surface area contributed by atoms with Gasteiger partial charge in [0.25, 0.3) is 0 Å². The fourth-order valence-electron chi connectivity index (χ4n) is 2.59. The Labute approximate surface area is 106 Å². The molecule has 1 aliphatic rings. The van der Waals surface area contributed by atoms with E-state index in [9.17, 15) is 4.79 Å². The summed E-state index contributed by atoms with van der Waals surface area (Å²) in [5.74, 6) is 0.846. The van der Waals surface area contributed by atoms with Crippen molar-refractivity contribution in [2.45, 2.75) is 59.4 Å². The Morgan fingerprint density at radius 3 is 2.53 bits per heavy atom. The molecule has 0 spiro atoms. The van der Waals surface area contributed by atoms with Crippen molar-refractivity contribution in [1.29, 1.82) is 0 Å². The number of rotatable bonds is 3. The van der Waals surface area contributed by atoms with Crippen LogP contribution in [0.3, 0.4) is 0 Å². The Morgan fingerprint density at radius 2 is 2.00 bits per heavy atom. The van der Waals surface area contributed by atoms with Crippen LogP contribution in [0.2, 0.25) is 0 Å². The number of hydrogen-bond donors (Lipinski definition) is 1. The first-order valence-electron chi connectivity index (χ1n) is 6.89. The quantitative estimate of drug-likeness (QED) is 0.823. The zero-order valence-electron chi connectivity index (χ0n) is 11.8. The van der Waals surface area contributed by atoms with E-state index in [1.165, 1.54) is 19.3 Å². The first-order valence-corrected chi connectivity index (χ1v) is 6.89. The van der Waals surface area contributed by atoms with Gasteiger partial charge in [0.2, 0.25) is 5.91 Å². The molecule has 0 radical (unpaired) electrons. The predicted octanol–water partition coefficient (Wildman–Crippen LogP) is 2.40. The van der Waals surface area contributed by atoms with Crippen molar-refractivity contribution in [1.82, 2.24) is 4.90 Å². The van der Waals surface area contributed by atoms with E-state index in [1.54, 1.807) is 0 Å². The zero-order valence-corrected chi connectivity index (χ0v) is 11.8. The van der Waals surface area contributed by atoms with E-state index in [4.69, 9.17) is 5.73 Å². The van der Waals surface area contributed by atoms with Crippen LogP contribution in [0.1, 0.15) is 53.4 Å². The topological polar surface area (TPSA) is 46.3 Å². The van der Waals surface area contributed by atoms with Gasteiger partial charge in [-0.1, -0.05) is 40.5 Å². The summed E-state index contributed by atoms with van der Waals surface area (Å²) >= 11 is 0. The summed E-state index contributed by atoms with van der Waals surface area (Å²) in [6.07, 6.45) is 4.75. The summed E-state index contributed by atoms with van der Waals surface area (Å²) in [7, 11) is 0. The van der Waals surface area contributed by atoms with Crippen LogP contribution >= 0.6 is 0 Å². The molecule has 0 aliphatic carbocycles. The van der Waals surface area contributed by atoms with Crippen LogP contribution in [0.25, 0.3) is 0 Å². The molecule has 0 bridgehead atoms. The standard InChI is InChI=1S/C14H28N2O/c1-5-6-7-11-8-12(15)10-16(9-11)13(17)14(2,3)4/h11-12H,5-10,15H2,1-4H3. The highest BCUT2D eigenvalue weighted by Crippen LogP contribution is 2.25. The van der Waals surface area contributed by atoms with Crippen LogP contribution in [0.15, 0.2) is 0 Å². The average molecular weight is 240 g/mol. The molecule has 0 saturated carbocycles. The lowest BCUT2D eigenvalue weighted by atomic mass is 9.87. The maximum absolute atomic E-state index is 12.3. The second-order valence-electron chi connectivity index (χ2n) is 6.46. The van der Waals surface area contributed by atoms with E-state index in [0.717, 1.165) is 19.5 Å². The van der Waals surface area contributed by atoms with Gasteiger partial charge < -0.3 is 10.6 Å². The maximum Gasteiger partial charge on any atom is 0.228 e. The molecule has 100 valence electrons. The van der Waals surface area contributed by atoms with Gasteiger partial charge in [0.1, 0.15) is 0 Å². The van der Waals surface area contributed by atoms with E-state index < -0.39 is 0 Å². The average Bonchev–Trinajstić information content (AvgIpc) is 2.23. The van der Waals surface area contributed by atoms with Gasteiger partial charge in [-0.25, -0.2) is 0 Å². The van der Waals surface area contributed by atoms with Gasteiger partial charge in [0, 0.05) is 24.5 Å². The van der Waals surface area contributed by atoms with Crippen molar-refractivity contribution in [2.75, 3.05) is 13.1 Å². The number of carbonyl (C=O) groups is 1. The minimum Gasteiger partial charge on any atom is -0.340 e. The summed E-state index contributed by atoms with van der Waals surface area (Å²) in [5.41, 5.74) is 5.79. The minimum atomic E-state index is -0.285. The third-order valence-electron chi connectivity index (χ3n) is 3.46. The van der Waals surface area contributed by atoms with Gasteiger partial charge in [-0.3, -0.25) is 4.79 Å². The van der Waals surface area contributed by atoms with Crippen molar-refractivity contribution < 1.29 is 4.79 Å². The highest BCUT2D eigenvalue weighted by Gasteiger charge is 2.33. The summed E-state index contributed by atoms with van der Waals surface area (Å²) in [6.45, 7) is 9.80. The third kappa shape index (κ3) is 4.30. The highest BCUT2D eigenvalue weighted by atomic mass is 16.2. The summed E-state index contributed by atoms with van der Waals surface area (Å²) in [4.78, 5) is 14.2. The van der Waals surface area contributed by atoms with Crippen LogP contribution in [-0.4, -0.2) is 29.9 Å². The van der Waals surface area contributed by atoms with Gasteiger partial charge in [-0.05, 0) is 18.8 Å². The van der Waals surface area contributed by atoms with Gasteiger partial charge in [-0.2, -0.15) is 0 Å².